The number of amides is 1. The molecule has 0 saturated carbocycles. The number of nitrogens with two attached hydrogens (primary N) is 1. The summed E-state index contributed by atoms with van der Waals surface area (Å²) in [7, 11) is 0. The molecule has 3 nitrogen and oxygen atoms in total. The highest BCUT2D eigenvalue weighted by Gasteiger charge is 2.23. The van der Waals surface area contributed by atoms with Crippen molar-refractivity contribution in [3.8, 4) is 11.1 Å². The number of hydrogen-bond donors (Lipinski definition) is 1. The van der Waals surface area contributed by atoms with E-state index in [9.17, 15) is 4.79 Å². The lowest BCUT2D eigenvalue weighted by Gasteiger charge is -2.12. The van der Waals surface area contributed by atoms with Crippen molar-refractivity contribution in [2.75, 3.05) is 0 Å². The van der Waals surface area contributed by atoms with Crippen molar-refractivity contribution in [1.29, 1.82) is 0 Å². The molecule has 3 heteroatoms. The molecule has 0 bridgehead atoms. The topological polar surface area (TPSA) is 48.0 Å². The minimum Gasteiger partial charge on any atom is -0.366 e. The van der Waals surface area contributed by atoms with E-state index in [1.807, 2.05) is 25.1 Å². The van der Waals surface area contributed by atoms with Crippen LogP contribution in [0.1, 0.15) is 54.9 Å². The highest BCUT2D eigenvalue weighted by atomic mass is 16.1. The Bertz CT molecular complexity index is 641. The van der Waals surface area contributed by atoms with Gasteiger partial charge in [-0.1, -0.05) is 50.6 Å². The Morgan fingerprint density at radius 2 is 1.82 bits per heavy atom. The van der Waals surface area contributed by atoms with Crippen LogP contribution in [-0.4, -0.2) is 10.5 Å². The number of nitrogens with zero attached hydrogens (tertiary/aromatic N) is 1. The average molecular weight is 298 g/mol. The molecule has 0 aliphatic heterocycles. The molecule has 1 aromatic carbocycles. The van der Waals surface area contributed by atoms with Gasteiger partial charge in [-0.05, 0) is 31.7 Å². The largest absolute Gasteiger partial charge is 0.366 e. The third-order valence-corrected chi connectivity index (χ3v) is 4.15. The van der Waals surface area contributed by atoms with Crippen LogP contribution in [0.25, 0.3) is 11.1 Å². The van der Waals surface area contributed by atoms with Crippen LogP contribution in [0, 0.1) is 6.92 Å². The first-order valence-electron chi connectivity index (χ1n) is 8.18. The molecule has 1 heterocycles. The number of rotatable bonds is 7. The maximum atomic E-state index is 12.1. The first kappa shape index (κ1) is 16.3. The van der Waals surface area contributed by atoms with Crippen LogP contribution in [0.4, 0.5) is 0 Å². The highest BCUT2D eigenvalue weighted by molar-refractivity contribution is 6.02. The van der Waals surface area contributed by atoms with Gasteiger partial charge in [0.25, 0.3) is 5.91 Å². The number of hydrogen-bond acceptors (Lipinski definition) is 1. The molecule has 0 atom stereocenters. The molecule has 2 N–H and O–H groups in total. The monoisotopic (exact) mass is 298 g/mol. The first-order chi connectivity index (χ1) is 10.6. The van der Waals surface area contributed by atoms with Crippen molar-refractivity contribution < 1.29 is 4.79 Å². The summed E-state index contributed by atoms with van der Waals surface area (Å²) in [5.74, 6) is -0.330. The standard InChI is InChI=1S/C19H26N2O/c1-4-6-12-16-18(15-10-8-7-9-11-15)17(19(20)22)14(3)21(16)13-5-2/h7-11H,4-6,12-13H2,1-3H3,(H2,20,22). The summed E-state index contributed by atoms with van der Waals surface area (Å²) in [4.78, 5) is 12.1. The SMILES string of the molecule is CCCCc1c(-c2ccccc2)c(C(N)=O)c(C)n1CCC. The molecule has 118 valence electrons. The molecule has 0 saturated heterocycles. The van der Waals surface area contributed by atoms with Gasteiger partial charge in [-0.15, -0.1) is 0 Å². The van der Waals surface area contributed by atoms with E-state index in [0.29, 0.717) is 5.56 Å². The number of primary amides is 1. The maximum Gasteiger partial charge on any atom is 0.251 e. The quantitative estimate of drug-likeness (QED) is 0.813. The van der Waals surface area contributed by atoms with Crippen molar-refractivity contribution in [3.05, 3.63) is 47.3 Å². The van der Waals surface area contributed by atoms with Crippen LogP contribution in [-0.2, 0) is 13.0 Å². The zero-order chi connectivity index (χ0) is 16.1. The summed E-state index contributed by atoms with van der Waals surface area (Å²) in [6.07, 6.45) is 4.28. The molecule has 22 heavy (non-hydrogen) atoms. The minimum absolute atomic E-state index is 0.330. The van der Waals surface area contributed by atoms with E-state index in [1.54, 1.807) is 0 Å². The summed E-state index contributed by atoms with van der Waals surface area (Å²) >= 11 is 0. The van der Waals surface area contributed by atoms with E-state index in [2.05, 4.69) is 30.5 Å². The molecule has 0 radical (unpaired) electrons. The van der Waals surface area contributed by atoms with Gasteiger partial charge in [-0.2, -0.15) is 0 Å². The van der Waals surface area contributed by atoms with E-state index in [-0.39, 0.29) is 5.91 Å². The van der Waals surface area contributed by atoms with Gasteiger partial charge in [-0.25, -0.2) is 0 Å². The van der Waals surface area contributed by atoms with Crippen LogP contribution < -0.4 is 5.73 Å². The van der Waals surface area contributed by atoms with Gasteiger partial charge in [0.05, 0.1) is 5.56 Å². The lowest BCUT2D eigenvalue weighted by atomic mass is 9.98. The number of carbonyl (C=O) groups excluding carboxylic acids is 1. The van der Waals surface area contributed by atoms with E-state index in [0.717, 1.165) is 49.0 Å². The Kier molecular flexibility index (Phi) is 5.42. The van der Waals surface area contributed by atoms with Crippen molar-refractivity contribution in [1.82, 2.24) is 4.57 Å². The first-order valence-corrected chi connectivity index (χ1v) is 8.18. The van der Waals surface area contributed by atoms with Gasteiger partial charge in [0.1, 0.15) is 0 Å². The summed E-state index contributed by atoms with van der Waals surface area (Å²) in [6, 6.07) is 10.1. The molecule has 1 aromatic heterocycles. The molecular weight excluding hydrogens is 272 g/mol. The molecular formula is C19H26N2O. The maximum absolute atomic E-state index is 12.1. The van der Waals surface area contributed by atoms with Crippen molar-refractivity contribution >= 4 is 5.91 Å². The van der Waals surface area contributed by atoms with Gasteiger partial charge in [-0.3, -0.25) is 4.79 Å². The molecule has 0 fully saturated rings. The molecule has 0 spiro atoms. The van der Waals surface area contributed by atoms with Gasteiger partial charge in [0, 0.05) is 23.5 Å². The fourth-order valence-electron chi connectivity index (χ4n) is 3.15. The van der Waals surface area contributed by atoms with Crippen LogP contribution in [0.3, 0.4) is 0 Å². The summed E-state index contributed by atoms with van der Waals surface area (Å²) in [6.45, 7) is 7.29. The number of aromatic nitrogens is 1. The van der Waals surface area contributed by atoms with Gasteiger partial charge >= 0.3 is 0 Å². The van der Waals surface area contributed by atoms with E-state index in [4.69, 9.17) is 5.73 Å². The van der Waals surface area contributed by atoms with Gasteiger partial charge in [0.15, 0.2) is 0 Å². The van der Waals surface area contributed by atoms with Crippen LogP contribution in [0.15, 0.2) is 30.3 Å². The predicted octanol–water partition coefficient (Wildman–Crippen LogP) is 4.32. The normalized spacial score (nSPS) is 10.9. The second kappa shape index (κ2) is 7.30. The second-order valence-electron chi connectivity index (χ2n) is 5.77. The molecule has 2 aromatic rings. The highest BCUT2D eigenvalue weighted by Crippen LogP contribution is 2.33. The molecule has 1 amide bonds. The zero-order valence-electron chi connectivity index (χ0n) is 13.9. The van der Waals surface area contributed by atoms with Crippen LogP contribution in [0.2, 0.25) is 0 Å². The Balaban J connectivity index is 2.70. The van der Waals surface area contributed by atoms with E-state index < -0.39 is 0 Å². The molecule has 2 rings (SSSR count). The Hall–Kier alpha value is -2.03. The third kappa shape index (κ3) is 3.08. The lowest BCUT2D eigenvalue weighted by Crippen LogP contribution is -2.13. The Labute approximate surface area is 133 Å². The number of benzene rings is 1. The summed E-state index contributed by atoms with van der Waals surface area (Å²) < 4.78 is 2.29. The predicted molar refractivity (Wildman–Crippen MR) is 92.0 cm³/mol. The fraction of sp³-hybridized carbons (Fsp3) is 0.421. The van der Waals surface area contributed by atoms with Gasteiger partial charge < -0.3 is 10.3 Å². The summed E-state index contributed by atoms with van der Waals surface area (Å²) in [5, 5.41) is 0. The zero-order valence-corrected chi connectivity index (χ0v) is 13.9. The number of carbonyl (C=O) groups is 1. The third-order valence-electron chi connectivity index (χ3n) is 4.15. The Morgan fingerprint density at radius 3 is 2.36 bits per heavy atom. The smallest absolute Gasteiger partial charge is 0.251 e. The second-order valence-corrected chi connectivity index (χ2v) is 5.77. The fourth-order valence-corrected chi connectivity index (χ4v) is 3.15. The van der Waals surface area contributed by atoms with Crippen molar-refractivity contribution in [3.63, 3.8) is 0 Å². The molecule has 0 unspecified atom stereocenters. The van der Waals surface area contributed by atoms with E-state index >= 15 is 0 Å². The average Bonchev–Trinajstić information content (AvgIpc) is 2.79. The Morgan fingerprint density at radius 1 is 1.14 bits per heavy atom. The number of unbranched alkanes of at least 4 members (excludes halogenated alkanes) is 1. The minimum atomic E-state index is -0.330. The van der Waals surface area contributed by atoms with Crippen LogP contribution >= 0.6 is 0 Å². The molecule has 0 aliphatic carbocycles. The summed E-state index contributed by atoms with van der Waals surface area (Å²) in [5.41, 5.74) is 10.8. The van der Waals surface area contributed by atoms with Gasteiger partial charge in [0.2, 0.25) is 0 Å². The van der Waals surface area contributed by atoms with Crippen LogP contribution in [0.5, 0.6) is 0 Å². The van der Waals surface area contributed by atoms with E-state index in [1.165, 1.54) is 5.69 Å². The van der Waals surface area contributed by atoms with Crippen molar-refractivity contribution in [2.24, 2.45) is 5.73 Å². The lowest BCUT2D eigenvalue weighted by molar-refractivity contribution is 0.1000. The van der Waals surface area contributed by atoms with Crippen molar-refractivity contribution in [2.45, 2.75) is 53.0 Å². The molecule has 0 aliphatic rings.